The Morgan fingerprint density at radius 1 is 1.03 bits per heavy atom. The fraction of sp³-hybridized carbons (Fsp3) is 0.308. The van der Waals surface area contributed by atoms with Crippen LogP contribution in [0.2, 0.25) is 5.02 Å². The van der Waals surface area contributed by atoms with Crippen LogP contribution < -0.4 is 14.5 Å². The lowest BCUT2D eigenvalue weighted by atomic mass is 9.78. The molecule has 0 spiro atoms. The quantitative estimate of drug-likeness (QED) is 0.287. The van der Waals surface area contributed by atoms with Gasteiger partial charge in [0.25, 0.3) is 0 Å². The van der Waals surface area contributed by atoms with Gasteiger partial charge in [-0.05, 0) is 48.7 Å². The Morgan fingerprint density at radius 3 is 2.53 bits per heavy atom. The molecule has 0 unspecified atom stereocenters. The number of carbonyl (C=O) groups is 4. The van der Waals surface area contributed by atoms with Crippen LogP contribution in [-0.2, 0) is 19.2 Å². The molecule has 2 fully saturated rings. The largest absolute Gasteiger partial charge is 0.426 e. The molecule has 2 saturated heterocycles. The number of hydrogen-bond donors (Lipinski definition) is 0. The third-order valence-electron chi connectivity index (χ3n) is 6.76. The number of halogens is 1. The molecule has 8 heteroatoms. The van der Waals surface area contributed by atoms with E-state index in [9.17, 15) is 19.2 Å². The van der Waals surface area contributed by atoms with E-state index in [4.69, 9.17) is 16.3 Å². The summed E-state index contributed by atoms with van der Waals surface area (Å²) in [6.07, 6.45) is 4.52. The molecule has 0 bridgehead atoms. The second-order valence-corrected chi connectivity index (χ2v) is 9.40. The standard InChI is InChI=1S/C26H23ClN2O5/c1-15-4-2-7-21-23(15)25(32)29(24(21)31)19-5-3-6-20(13-19)34-26(33)16-12-22(30)28(14-16)18-10-8-17(27)9-11-18/h2-6,8-11,13,15-16,21,23H,7,12,14H2,1H3/t15-,16+,21+,23-/m1/s1. The van der Waals surface area contributed by atoms with Crippen molar-refractivity contribution in [3.8, 4) is 5.75 Å². The first-order valence-corrected chi connectivity index (χ1v) is 11.6. The number of hydrogen-bond acceptors (Lipinski definition) is 5. The number of anilines is 2. The number of benzene rings is 2. The van der Waals surface area contributed by atoms with E-state index in [0.29, 0.717) is 22.8 Å². The topological polar surface area (TPSA) is 84.0 Å². The maximum atomic E-state index is 13.0. The van der Waals surface area contributed by atoms with Crippen molar-refractivity contribution < 1.29 is 23.9 Å². The van der Waals surface area contributed by atoms with Crippen molar-refractivity contribution in [3.05, 3.63) is 65.7 Å². The SMILES string of the molecule is C[C@@H]1C=CC[C@@H]2C(=O)N(c3cccc(OC(=O)[C@H]4CC(=O)N(c5ccc(Cl)cc5)C4)c3)C(=O)[C@H]12. The number of imide groups is 1. The van der Waals surface area contributed by atoms with E-state index in [1.165, 1.54) is 15.9 Å². The van der Waals surface area contributed by atoms with Crippen molar-refractivity contribution in [3.63, 3.8) is 0 Å². The van der Waals surface area contributed by atoms with Gasteiger partial charge in [0.05, 0.1) is 23.4 Å². The van der Waals surface area contributed by atoms with Crippen LogP contribution in [0.25, 0.3) is 0 Å². The van der Waals surface area contributed by atoms with Crippen LogP contribution in [0.1, 0.15) is 19.8 Å². The van der Waals surface area contributed by atoms with Gasteiger partial charge in [-0.3, -0.25) is 19.2 Å². The molecular formula is C26H23ClN2O5. The monoisotopic (exact) mass is 478 g/mol. The van der Waals surface area contributed by atoms with Crippen molar-refractivity contribution >= 4 is 46.7 Å². The maximum absolute atomic E-state index is 13.0. The van der Waals surface area contributed by atoms with Gasteiger partial charge in [0, 0.05) is 29.7 Å². The summed E-state index contributed by atoms with van der Waals surface area (Å²) >= 11 is 5.92. The number of fused-ring (bicyclic) bond motifs is 1. The molecule has 0 radical (unpaired) electrons. The minimum atomic E-state index is -0.628. The molecule has 0 N–H and O–H groups in total. The van der Waals surface area contributed by atoms with Crippen LogP contribution in [-0.4, -0.2) is 30.2 Å². The third-order valence-corrected chi connectivity index (χ3v) is 7.02. The summed E-state index contributed by atoms with van der Waals surface area (Å²) in [5.74, 6) is -2.30. The minimum Gasteiger partial charge on any atom is -0.426 e. The van der Waals surface area contributed by atoms with Gasteiger partial charge in [-0.25, -0.2) is 4.90 Å². The van der Waals surface area contributed by atoms with Gasteiger partial charge in [0.2, 0.25) is 17.7 Å². The van der Waals surface area contributed by atoms with Crippen LogP contribution in [0.4, 0.5) is 11.4 Å². The summed E-state index contributed by atoms with van der Waals surface area (Å²) in [5, 5.41) is 0.561. The molecule has 2 aromatic rings. The van der Waals surface area contributed by atoms with Crippen LogP contribution in [0.3, 0.4) is 0 Å². The van der Waals surface area contributed by atoms with Crippen LogP contribution in [0.15, 0.2) is 60.7 Å². The number of esters is 1. The molecule has 0 aromatic heterocycles. The molecule has 5 rings (SSSR count). The fourth-order valence-electron chi connectivity index (χ4n) is 5.02. The molecule has 0 saturated carbocycles. The van der Waals surface area contributed by atoms with Crippen LogP contribution in [0.5, 0.6) is 5.75 Å². The Labute approximate surface area is 201 Å². The molecule has 3 aliphatic rings. The summed E-state index contributed by atoms with van der Waals surface area (Å²) in [6, 6.07) is 13.3. The number of nitrogens with zero attached hydrogens (tertiary/aromatic N) is 2. The molecule has 7 nitrogen and oxygen atoms in total. The van der Waals surface area contributed by atoms with Gasteiger partial charge >= 0.3 is 5.97 Å². The minimum absolute atomic E-state index is 0.00954. The first-order valence-electron chi connectivity index (χ1n) is 11.3. The lowest BCUT2D eigenvalue weighted by Crippen LogP contribution is -2.31. The summed E-state index contributed by atoms with van der Waals surface area (Å²) in [5.41, 5.74) is 1.05. The highest BCUT2D eigenvalue weighted by molar-refractivity contribution is 6.30. The second-order valence-electron chi connectivity index (χ2n) is 8.97. The van der Waals surface area contributed by atoms with E-state index in [1.54, 1.807) is 42.5 Å². The molecule has 174 valence electrons. The first-order chi connectivity index (χ1) is 16.3. The lowest BCUT2D eigenvalue weighted by molar-refractivity contribution is -0.139. The summed E-state index contributed by atoms with van der Waals surface area (Å²) < 4.78 is 5.56. The van der Waals surface area contributed by atoms with E-state index in [2.05, 4.69) is 0 Å². The van der Waals surface area contributed by atoms with Crippen molar-refractivity contribution in [1.29, 1.82) is 0 Å². The smallest absolute Gasteiger partial charge is 0.316 e. The number of allylic oxidation sites excluding steroid dienone is 2. The van der Waals surface area contributed by atoms with E-state index >= 15 is 0 Å². The zero-order chi connectivity index (χ0) is 24.0. The highest BCUT2D eigenvalue weighted by atomic mass is 35.5. The normalized spacial score (nSPS) is 26.2. The Kier molecular flexibility index (Phi) is 5.73. The van der Waals surface area contributed by atoms with E-state index in [0.717, 1.165) is 0 Å². The Morgan fingerprint density at radius 2 is 1.79 bits per heavy atom. The average molecular weight is 479 g/mol. The lowest BCUT2D eigenvalue weighted by Gasteiger charge is -2.22. The van der Waals surface area contributed by atoms with Gasteiger partial charge in [0.15, 0.2) is 0 Å². The van der Waals surface area contributed by atoms with Crippen molar-refractivity contribution in [2.45, 2.75) is 19.8 Å². The molecule has 1 aliphatic carbocycles. The van der Waals surface area contributed by atoms with Crippen LogP contribution in [0, 0.1) is 23.7 Å². The molecule has 2 aliphatic heterocycles. The summed E-state index contributed by atoms with van der Waals surface area (Å²) in [7, 11) is 0. The Balaban J connectivity index is 1.30. The maximum Gasteiger partial charge on any atom is 0.316 e. The predicted octanol–water partition coefficient (Wildman–Crippen LogP) is 4.00. The molecule has 34 heavy (non-hydrogen) atoms. The highest BCUT2D eigenvalue weighted by Gasteiger charge is 2.50. The summed E-state index contributed by atoms with van der Waals surface area (Å²) in [4.78, 5) is 54.1. The molecular weight excluding hydrogens is 456 g/mol. The Bertz CT molecular complexity index is 1210. The molecule has 4 atom stereocenters. The number of amides is 3. The Hall–Kier alpha value is -3.45. The summed E-state index contributed by atoms with van der Waals surface area (Å²) in [6.45, 7) is 2.15. The number of rotatable bonds is 4. The van der Waals surface area contributed by atoms with Gasteiger partial charge in [0.1, 0.15) is 5.75 Å². The average Bonchev–Trinajstić information content (AvgIpc) is 3.33. The van der Waals surface area contributed by atoms with E-state index in [-0.39, 0.29) is 54.2 Å². The van der Waals surface area contributed by atoms with Crippen molar-refractivity contribution in [2.24, 2.45) is 23.7 Å². The zero-order valence-electron chi connectivity index (χ0n) is 18.5. The zero-order valence-corrected chi connectivity index (χ0v) is 19.3. The van der Waals surface area contributed by atoms with Gasteiger partial charge in [-0.1, -0.05) is 36.7 Å². The third kappa shape index (κ3) is 3.90. The van der Waals surface area contributed by atoms with Crippen LogP contribution >= 0.6 is 11.6 Å². The fourth-order valence-corrected chi connectivity index (χ4v) is 5.15. The predicted molar refractivity (Wildman–Crippen MR) is 126 cm³/mol. The van der Waals surface area contributed by atoms with E-state index in [1.807, 2.05) is 19.1 Å². The molecule has 3 amide bonds. The number of ether oxygens (including phenoxy) is 1. The van der Waals surface area contributed by atoms with E-state index < -0.39 is 11.9 Å². The first kappa shape index (κ1) is 22.3. The van der Waals surface area contributed by atoms with Gasteiger partial charge < -0.3 is 9.64 Å². The van der Waals surface area contributed by atoms with Crippen molar-refractivity contribution in [2.75, 3.05) is 16.3 Å². The van der Waals surface area contributed by atoms with Gasteiger partial charge in [-0.2, -0.15) is 0 Å². The second kappa shape index (κ2) is 8.72. The van der Waals surface area contributed by atoms with Crippen molar-refractivity contribution in [1.82, 2.24) is 0 Å². The highest BCUT2D eigenvalue weighted by Crippen LogP contribution is 2.41. The molecule has 2 heterocycles. The van der Waals surface area contributed by atoms with Gasteiger partial charge in [-0.15, -0.1) is 0 Å². The molecule has 2 aromatic carbocycles. The number of carbonyl (C=O) groups excluding carboxylic acids is 4.